The van der Waals surface area contributed by atoms with Crippen LogP contribution >= 0.6 is 11.6 Å². The third-order valence-corrected chi connectivity index (χ3v) is 6.76. The second-order valence-electron chi connectivity index (χ2n) is 8.23. The normalized spacial score (nSPS) is 21.1. The zero-order valence-corrected chi connectivity index (χ0v) is 18.4. The van der Waals surface area contributed by atoms with Gasteiger partial charge in [0.25, 0.3) is 5.91 Å². The number of amides is 1. The fourth-order valence-electron chi connectivity index (χ4n) is 5.07. The van der Waals surface area contributed by atoms with Crippen molar-refractivity contribution in [3.05, 3.63) is 131 Å². The molecule has 4 nitrogen and oxygen atoms in total. The summed E-state index contributed by atoms with van der Waals surface area (Å²) in [7, 11) is 0. The lowest BCUT2D eigenvalue weighted by Gasteiger charge is -2.37. The minimum Gasteiger partial charge on any atom is -0.322 e. The topological polar surface area (TPSA) is 44.7 Å². The van der Waals surface area contributed by atoms with Gasteiger partial charge >= 0.3 is 0 Å². The Morgan fingerprint density at radius 2 is 1.42 bits per heavy atom. The van der Waals surface area contributed by atoms with E-state index >= 15 is 0 Å². The number of benzene rings is 4. The molecule has 0 unspecified atom stereocenters. The van der Waals surface area contributed by atoms with E-state index in [2.05, 4.69) is 17.4 Å². The van der Waals surface area contributed by atoms with Gasteiger partial charge in [-0.1, -0.05) is 103 Å². The molecule has 0 saturated heterocycles. The Kier molecular flexibility index (Phi) is 4.56. The second-order valence-corrected chi connectivity index (χ2v) is 8.63. The predicted octanol–water partition coefficient (Wildman–Crippen LogP) is 6.20. The Labute approximate surface area is 197 Å². The molecule has 1 spiro atoms. The standard InChI is InChI=1S/C28H20ClN3O/c29-23-18-10-17-22-26(23)30-27(33)28(22)24(19-11-4-1-5-12-19)25(20-13-6-2-7-14-20)31-32(28)21-15-8-3-9-16-21/h1-18,24H,(H,30,33)/t24-,28-/m0/s1. The van der Waals surface area contributed by atoms with Gasteiger partial charge in [0.1, 0.15) is 0 Å². The smallest absolute Gasteiger partial charge is 0.258 e. The van der Waals surface area contributed by atoms with Crippen LogP contribution in [0.1, 0.15) is 22.6 Å². The van der Waals surface area contributed by atoms with Gasteiger partial charge in [0.15, 0.2) is 5.54 Å². The summed E-state index contributed by atoms with van der Waals surface area (Å²) in [6.07, 6.45) is 0. The molecule has 0 fully saturated rings. The van der Waals surface area contributed by atoms with Crippen molar-refractivity contribution in [2.75, 3.05) is 10.3 Å². The van der Waals surface area contributed by atoms with Crippen LogP contribution < -0.4 is 10.3 Å². The van der Waals surface area contributed by atoms with Gasteiger partial charge in [0.05, 0.1) is 28.0 Å². The van der Waals surface area contributed by atoms with Crippen LogP contribution in [0.15, 0.2) is 114 Å². The molecule has 5 heteroatoms. The highest BCUT2D eigenvalue weighted by Crippen LogP contribution is 2.56. The molecule has 4 aromatic rings. The van der Waals surface area contributed by atoms with Crippen molar-refractivity contribution in [1.29, 1.82) is 0 Å². The van der Waals surface area contributed by atoms with Crippen molar-refractivity contribution in [3.8, 4) is 0 Å². The minimum atomic E-state index is -1.12. The van der Waals surface area contributed by atoms with Gasteiger partial charge in [0, 0.05) is 5.56 Å². The Morgan fingerprint density at radius 1 is 0.788 bits per heavy atom. The third-order valence-electron chi connectivity index (χ3n) is 6.45. The van der Waals surface area contributed by atoms with E-state index in [0.29, 0.717) is 10.7 Å². The monoisotopic (exact) mass is 449 g/mol. The molecule has 6 rings (SSSR count). The van der Waals surface area contributed by atoms with Gasteiger partial charge in [-0.05, 0) is 29.3 Å². The van der Waals surface area contributed by atoms with Crippen LogP contribution in [0.4, 0.5) is 11.4 Å². The predicted molar refractivity (Wildman–Crippen MR) is 133 cm³/mol. The van der Waals surface area contributed by atoms with E-state index in [9.17, 15) is 4.79 Å². The molecule has 1 amide bonds. The molecule has 2 aliphatic heterocycles. The Morgan fingerprint density at radius 3 is 2.12 bits per heavy atom. The molecule has 33 heavy (non-hydrogen) atoms. The number of hydrogen-bond donors (Lipinski definition) is 1. The number of rotatable bonds is 3. The highest BCUT2D eigenvalue weighted by molar-refractivity contribution is 6.35. The van der Waals surface area contributed by atoms with Crippen LogP contribution in [0.5, 0.6) is 0 Å². The van der Waals surface area contributed by atoms with E-state index in [0.717, 1.165) is 28.1 Å². The molecule has 0 aliphatic carbocycles. The zero-order chi connectivity index (χ0) is 22.4. The van der Waals surface area contributed by atoms with Crippen molar-refractivity contribution < 1.29 is 4.79 Å². The first-order valence-electron chi connectivity index (χ1n) is 10.9. The molecule has 1 N–H and O–H groups in total. The number of hydrogen-bond acceptors (Lipinski definition) is 3. The summed E-state index contributed by atoms with van der Waals surface area (Å²) in [5.41, 5.74) is 4.03. The van der Waals surface area contributed by atoms with Crippen molar-refractivity contribution in [2.24, 2.45) is 5.10 Å². The quantitative estimate of drug-likeness (QED) is 0.405. The zero-order valence-electron chi connectivity index (χ0n) is 17.7. The summed E-state index contributed by atoms with van der Waals surface area (Å²) >= 11 is 6.57. The lowest BCUT2D eigenvalue weighted by molar-refractivity contribution is -0.120. The summed E-state index contributed by atoms with van der Waals surface area (Å²) in [6.45, 7) is 0. The lowest BCUT2D eigenvalue weighted by atomic mass is 9.72. The fourth-order valence-corrected chi connectivity index (χ4v) is 5.29. The molecular formula is C28H20ClN3O. The Balaban J connectivity index is 1.70. The SMILES string of the molecule is O=C1Nc2c(Cl)cccc2[C@]12[C@@H](c1ccccc1)C(c1ccccc1)=NN2c1ccccc1. The molecular weight excluding hydrogens is 430 g/mol. The number of anilines is 2. The summed E-state index contributed by atoms with van der Waals surface area (Å²) in [5, 5.41) is 10.6. The highest BCUT2D eigenvalue weighted by atomic mass is 35.5. The van der Waals surface area contributed by atoms with Crippen molar-refractivity contribution in [1.82, 2.24) is 0 Å². The number of nitrogens with zero attached hydrogens (tertiary/aromatic N) is 2. The van der Waals surface area contributed by atoms with Gasteiger partial charge in [-0.2, -0.15) is 5.10 Å². The van der Waals surface area contributed by atoms with Crippen LogP contribution in [0.2, 0.25) is 5.02 Å². The Bertz CT molecular complexity index is 1370. The third kappa shape index (κ3) is 2.84. The van der Waals surface area contributed by atoms with Crippen LogP contribution in [-0.4, -0.2) is 11.6 Å². The van der Waals surface area contributed by atoms with Gasteiger partial charge in [-0.3, -0.25) is 4.79 Å². The molecule has 2 atom stereocenters. The molecule has 0 aromatic heterocycles. The first-order chi connectivity index (χ1) is 16.2. The summed E-state index contributed by atoms with van der Waals surface area (Å²) in [5.74, 6) is -0.487. The van der Waals surface area contributed by atoms with Crippen LogP contribution in [-0.2, 0) is 10.3 Å². The van der Waals surface area contributed by atoms with E-state index in [-0.39, 0.29) is 11.8 Å². The van der Waals surface area contributed by atoms with Crippen LogP contribution in [0.3, 0.4) is 0 Å². The molecule has 0 bridgehead atoms. The van der Waals surface area contributed by atoms with E-state index < -0.39 is 5.54 Å². The molecule has 2 aliphatic rings. The average Bonchev–Trinajstić information content (AvgIpc) is 3.38. The maximum atomic E-state index is 14.1. The van der Waals surface area contributed by atoms with Crippen molar-refractivity contribution in [3.63, 3.8) is 0 Å². The Hall–Kier alpha value is -3.89. The van der Waals surface area contributed by atoms with Crippen molar-refractivity contribution >= 4 is 34.6 Å². The number of para-hydroxylation sites is 2. The first-order valence-corrected chi connectivity index (χ1v) is 11.2. The largest absolute Gasteiger partial charge is 0.322 e. The van der Waals surface area contributed by atoms with Gasteiger partial charge in [0.2, 0.25) is 0 Å². The van der Waals surface area contributed by atoms with E-state index in [4.69, 9.17) is 16.7 Å². The second kappa shape index (κ2) is 7.61. The number of hydrazone groups is 1. The molecule has 0 radical (unpaired) electrons. The van der Waals surface area contributed by atoms with Crippen molar-refractivity contribution in [2.45, 2.75) is 11.5 Å². The fraction of sp³-hybridized carbons (Fsp3) is 0.0714. The first kappa shape index (κ1) is 19.8. The van der Waals surface area contributed by atoms with Gasteiger partial charge < -0.3 is 5.32 Å². The number of carbonyl (C=O) groups excluding carboxylic acids is 1. The van der Waals surface area contributed by atoms with E-state index in [1.165, 1.54) is 0 Å². The maximum Gasteiger partial charge on any atom is 0.258 e. The maximum absolute atomic E-state index is 14.1. The van der Waals surface area contributed by atoms with E-state index in [1.807, 2.05) is 96.0 Å². The van der Waals surface area contributed by atoms with E-state index in [1.54, 1.807) is 6.07 Å². The summed E-state index contributed by atoms with van der Waals surface area (Å²) < 4.78 is 0. The number of halogens is 1. The molecule has 2 heterocycles. The number of carbonyl (C=O) groups is 1. The van der Waals surface area contributed by atoms with Gasteiger partial charge in [-0.25, -0.2) is 5.01 Å². The van der Waals surface area contributed by atoms with Crippen LogP contribution in [0.25, 0.3) is 0 Å². The lowest BCUT2D eigenvalue weighted by Crippen LogP contribution is -2.50. The minimum absolute atomic E-state index is 0.141. The highest BCUT2D eigenvalue weighted by Gasteiger charge is 2.63. The number of fused-ring (bicyclic) bond motifs is 2. The number of nitrogens with one attached hydrogen (secondary N) is 1. The molecule has 0 saturated carbocycles. The molecule has 160 valence electrons. The summed E-state index contributed by atoms with van der Waals surface area (Å²) in [4.78, 5) is 14.1. The van der Waals surface area contributed by atoms with Gasteiger partial charge in [-0.15, -0.1) is 0 Å². The average molecular weight is 450 g/mol. The summed E-state index contributed by atoms with van der Waals surface area (Å²) in [6, 6.07) is 35.7. The van der Waals surface area contributed by atoms with Crippen LogP contribution in [0, 0.1) is 0 Å². The molecule has 4 aromatic carbocycles.